The lowest BCUT2D eigenvalue weighted by molar-refractivity contribution is 0.480. The lowest BCUT2D eigenvalue weighted by Crippen LogP contribution is -2.00. The van der Waals surface area contributed by atoms with Gasteiger partial charge in [0.05, 0.1) is 0 Å². The molecule has 2 heteroatoms. The maximum absolute atomic E-state index is 5.61. The molecule has 0 aliphatic heterocycles. The summed E-state index contributed by atoms with van der Waals surface area (Å²) in [6, 6.07) is 0. The highest BCUT2D eigenvalue weighted by Crippen LogP contribution is 2.37. The number of hydrogen-bond acceptors (Lipinski definition) is 0. The van der Waals surface area contributed by atoms with Crippen molar-refractivity contribution < 1.29 is 0 Å². The van der Waals surface area contributed by atoms with Crippen LogP contribution >= 0.6 is 23.2 Å². The first kappa shape index (κ1) is 10.1. The van der Waals surface area contributed by atoms with E-state index in [0.717, 1.165) is 12.3 Å². The second kappa shape index (κ2) is 3.85. The minimum atomic E-state index is 0.366. The average Bonchev–Trinajstić information content (AvgIpc) is 2.17. The molecule has 0 aromatic heterocycles. The normalized spacial score (nSPS) is 29.4. The summed E-state index contributed by atoms with van der Waals surface area (Å²) < 4.78 is 0.366. The summed E-state index contributed by atoms with van der Waals surface area (Å²) in [6.45, 7) is 6.68. The van der Waals surface area contributed by atoms with Crippen LogP contribution in [-0.4, -0.2) is 0 Å². The van der Waals surface area contributed by atoms with Crippen LogP contribution in [0.3, 0.4) is 0 Å². The molecule has 1 aliphatic rings. The summed E-state index contributed by atoms with van der Waals surface area (Å²) in [5.41, 5.74) is 2.75. The molecule has 12 heavy (non-hydrogen) atoms. The Morgan fingerprint density at radius 3 is 2.33 bits per heavy atom. The van der Waals surface area contributed by atoms with Crippen LogP contribution in [-0.2, 0) is 0 Å². The largest absolute Gasteiger partial charge is 0.107 e. The van der Waals surface area contributed by atoms with Crippen molar-refractivity contribution in [2.24, 2.45) is 11.8 Å². The van der Waals surface area contributed by atoms with Crippen molar-refractivity contribution in [2.75, 3.05) is 0 Å². The summed E-state index contributed by atoms with van der Waals surface area (Å²) in [4.78, 5) is 0. The SMILES string of the molecule is CC1=C(C=C(Cl)Cl)CC(C)C1C. The van der Waals surface area contributed by atoms with Gasteiger partial charge in [-0.15, -0.1) is 0 Å². The van der Waals surface area contributed by atoms with Crippen molar-refractivity contribution in [1.29, 1.82) is 0 Å². The van der Waals surface area contributed by atoms with Gasteiger partial charge in [-0.25, -0.2) is 0 Å². The molecule has 0 spiro atoms. The molecule has 0 saturated heterocycles. The van der Waals surface area contributed by atoms with Gasteiger partial charge in [0, 0.05) is 0 Å². The molecule has 0 radical (unpaired) electrons. The van der Waals surface area contributed by atoms with E-state index in [2.05, 4.69) is 20.8 Å². The molecule has 2 unspecified atom stereocenters. The van der Waals surface area contributed by atoms with Crippen molar-refractivity contribution in [2.45, 2.75) is 27.2 Å². The van der Waals surface area contributed by atoms with E-state index in [1.807, 2.05) is 6.08 Å². The van der Waals surface area contributed by atoms with Gasteiger partial charge in [0.1, 0.15) is 4.49 Å². The number of allylic oxidation sites excluding steroid dienone is 3. The van der Waals surface area contributed by atoms with E-state index in [1.54, 1.807) is 0 Å². The second-order valence-electron chi connectivity index (χ2n) is 3.61. The van der Waals surface area contributed by atoms with Crippen molar-refractivity contribution in [3.05, 3.63) is 21.7 Å². The summed E-state index contributed by atoms with van der Waals surface area (Å²) >= 11 is 11.2. The molecule has 0 nitrogen and oxygen atoms in total. The lowest BCUT2D eigenvalue weighted by atomic mass is 9.96. The molecule has 1 rings (SSSR count). The zero-order valence-electron chi connectivity index (χ0n) is 7.70. The van der Waals surface area contributed by atoms with E-state index < -0.39 is 0 Å². The summed E-state index contributed by atoms with van der Waals surface area (Å²) in [7, 11) is 0. The molecule has 1 aliphatic carbocycles. The molecule has 0 aromatic rings. The fraction of sp³-hybridized carbons (Fsp3) is 0.600. The number of hydrogen-bond donors (Lipinski definition) is 0. The van der Waals surface area contributed by atoms with Crippen molar-refractivity contribution in [3.8, 4) is 0 Å². The molecule has 0 saturated carbocycles. The zero-order chi connectivity index (χ0) is 9.30. The average molecular weight is 205 g/mol. The van der Waals surface area contributed by atoms with Gasteiger partial charge >= 0.3 is 0 Å². The van der Waals surface area contributed by atoms with Gasteiger partial charge in [-0.3, -0.25) is 0 Å². The van der Waals surface area contributed by atoms with E-state index in [4.69, 9.17) is 23.2 Å². The Balaban J connectivity index is 2.85. The van der Waals surface area contributed by atoms with Crippen LogP contribution in [0.25, 0.3) is 0 Å². The lowest BCUT2D eigenvalue weighted by Gasteiger charge is -2.09. The molecule has 0 fully saturated rings. The quantitative estimate of drug-likeness (QED) is 0.598. The molecule has 0 N–H and O–H groups in total. The molecule has 2 atom stereocenters. The molecule has 0 amide bonds. The van der Waals surface area contributed by atoms with E-state index in [1.165, 1.54) is 11.1 Å². The summed E-state index contributed by atoms with van der Waals surface area (Å²) in [5, 5.41) is 0. The Hall–Kier alpha value is 0.0600. The van der Waals surface area contributed by atoms with Crippen molar-refractivity contribution in [3.63, 3.8) is 0 Å². The van der Waals surface area contributed by atoms with Crippen LogP contribution in [0.15, 0.2) is 21.7 Å². The van der Waals surface area contributed by atoms with Gasteiger partial charge in [-0.1, -0.05) is 42.6 Å². The first-order valence-corrected chi connectivity index (χ1v) is 5.00. The van der Waals surface area contributed by atoms with E-state index in [-0.39, 0.29) is 0 Å². The Kier molecular flexibility index (Phi) is 3.25. The third kappa shape index (κ3) is 2.05. The van der Waals surface area contributed by atoms with Crippen LogP contribution in [0.5, 0.6) is 0 Å². The standard InChI is InChI=1S/C10H14Cl2/c1-6-4-9(5-10(11)12)8(3)7(6)2/h5-7H,4H2,1-3H3. The van der Waals surface area contributed by atoms with Crippen LogP contribution < -0.4 is 0 Å². The molecule has 0 aromatic carbocycles. The molecular formula is C10H14Cl2. The van der Waals surface area contributed by atoms with Crippen LogP contribution in [0.2, 0.25) is 0 Å². The monoisotopic (exact) mass is 204 g/mol. The number of halogens is 2. The highest BCUT2D eigenvalue weighted by Gasteiger charge is 2.24. The van der Waals surface area contributed by atoms with Gasteiger partial charge in [-0.05, 0) is 36.8 Å². The Morgan fingerprint density at radius 2 is 2.00 bits per heavy atom. The molecular weight excluding hydrogens is 191 g/mol. The van der Waals surface area contributed by atoms with Crippen LogP contribution in [0, 0.1) is 11.8 Å². The Labute approximate surface area is 84.2 Å². The summed E-state index contributed by atoms with van der Waals surface area (Å²) in [5.74, 6) is 1.40. The van der Waals surface area contributed by atoms with Crippen molar-refractivity contribution >= 4 is 23.2 Å². The topological polar surface area (TPSA) is 0 Å². The second-order valence-corrected chi connectivity index (χ2v) is 4.62. The van der Waals surface area contributed by atoms with Crippen LogP contribution in [0.4, 0.5) is 0 Å². The number of rotatable bonds is 1. The maximum Gasteiger partial charge on any atom is 0.107 e. The molecule has 0 heterocycles. The molecule has 68 valence electrons. The first-order chi connectivity index (χ1) is 5.52. The third-order valence-corrected chi connectivity index (χ3v) is 3.09. The van der Waals surface area contributed by atoms with Gasteiger partial charge in [0.15, 0.2) is 0 Å². The predicted molar refractivity (Wildman–Crippen MR) is 55.4 cm³/mol. The highest BCUT2D eigenvalue weighted by atomic mass is 35.5. The highest BCUT2D eigenvalue weighted by molar-refractivity contribution is 6.56. The predicted octanol–water partition coefficient (Wildman–Crippen LogP) is 4.30. The zero-order valence-corrected chi connectivity index (χ0v) is 9.21. The Bertz CT molecular complexity index is 234. The van der Waals surface area contributed by atoms with E-state index in [9.17, 15) is 0 Å². The first-order valence-electron chi connectivity index (χ1n) is 4.24. The van der Waals surface area contributed by atoms with Gasteiger partial charge in [-0.2, -0.15) is 0 Å². The minimum absolute atomic E-state index is 0.366. The third-order valence-electron chi connectivity index (χ3n) is 2.87. The maximum atomic E-state index is 5.61. The fourth-order valence-electron chi connectivity index (χ4n) is 1.71. The molecule has 0 bridgehead atoms. The van der Waals surface area contributed by atoms with E-state index in [0.29, 0.717) is 10.4 Å². The van der Waals surface area contributed by atoms with Gasteiger partial charge in [0.25, 0.3) is 0 Å². The fourth-order valence-corrected chi connectivity index (χ4v) is 1.97. The van der Waals surface area contributed by atoms with Crippen LogP contribution in [0.1, 0.15) is 27.2 Å². The van der Waals surface area contributed by atoms with E-state index >= 15 is 0 Å². The van der Waals surface area contributed by atoms with Crippen molar-refractivity contribution in [1.82, 2.24) is 0 Å². The summed E-state index contributed by atoms with van der Waals surface area (Å²) in [6.07, 6.45) is 2.98. The van der Waals surface area contributed by atoms with Gasteiger partial charge in [0.2, 0.25) is 0 Å². The van der Waals surface area contributed by atoms with Gasteiger partial charge < -0.3 is 0 Å². The smallest absolute Gasteiger partial charge is 0.0709 e. The minimum Gasteiger partial charge on any atom is -0.0709 e. The Morgan fingerprint density at radius 1 is 1.42 bits per heavy atom.